The molecular weight excluding hydrogens is 446 g/mol. The average molecular weight is 488 g/mol. The molecule has 0 aliphatic heterocycles. The minimum Gasteiger partial charge on any atom is -0.468 e. The number of methoxy groups -OCH3 is 1. The quantitative estimate of drug-likeness (QED) is 0.421. The highest BCUT2D eigenvalue weighted by atomic mass is 32.1. The third kappa shape index (κ3) is 6.28. The zero-order valence-electron chi connectivity index (χ0n) is 22.0. The second kappa shape index (κ2) is 11.5. The first-order chi connectivity index (χ1) is 15.9. The number of ether oxygens (including phenoxy) is 1. The van der Waals surface area contributed by atoms with Crippen LogP contribution in [0.2, 0.25) is 0 Å². The van der Waals surface area contributed by atoms with Crippen LogP contribution < -0.4 is 5.32 Å². The molecule has 0 saturated carbocycles. The molecule has 34 heavy (non-hydrogen) atoms. The van der Waals surface area contributed by atoms with Gasteiger partial charge >= 0.3 is 5.97 Å². The Kier molecular flexibility index (Phi) is 9.49. The lowest BCUT2D eigenvalue weighted by atomic mass is 9.73. The minimum absolute atomic E-state index is 0.120. The van der Waals surface area contributed by atoms with Gasteiger partial charge in [-0.05, 0) is 73.3 Å². The van der Waals surface area contributed by atoms with Gasteiger partial charge in [-0.3, -0.25) is 9.59 Å². The van der Waals surface area contributed by atoms with E-state index in [9.17, 15) is 14.7 Å². The van der Waals surface area contributed by atoms with E-state index in [2.05, 4.69) is 75.9 Å². The topological polar surface area (TPSA) is 75.6 Å². The summed E-state index contributed by atoms with van der Waals surface area (Å²) in [5.41, 5.74) is 4.35. The van der Waals surface area contributed by atoms with Crippen LogP contribution in [0, 0.1) is 19.3 Å². The maximum absolute atomic E-state index is 12.7. The Labute approximate surface area is 208 Å². The van der Waals surface area contributed by atoms with Crippen molar-refractivity contribution in [2.75, 3.05) is 13.7 Å². The van der Waals surface area contributed by atoms with Gasteiger partial charge in [-0.1, -0.05) is 52.8 Å². The Bertz CT molecular complexity index is 998. The number of carbonyl (C=O) groups excluding carboxylic acids is 2. The van der Waals surface area contributed by atoms with Gasteiger partial charge in [-0.15, -0.1) is 11.3 Å². The number of aliphatic hydroxyl groups is 1. The first-order valence-electron chi connectivity index (χ1n) is 12.1. The summed E-state index contributed by atoms with van der Waals surface area (Å²) in [5, 5.41) is 13.1. The van der Waals surface area contributed by atoms with E-state index in [0.717, 1.165) is 36.1 Å². The van der Waals surface area contributed by atoms with E-state index in [0.29, 0.717) is 4.88 Å². The van der Waals surface area contributed by atoms with Crippen LogP contribution in [-0.4, -0.2) is 36.7 Å². The molecule has 0 saturated heterocycles. The first-order valence-corrected chi connectivity index (χ1v) is 12.9. The molecule has 1 amide bonds. The summed E-state index contributed by atoms with van der Waals surface area (Å²) in [7, 11) is 1.31. The van der Waals surface area contributed by atoms with Crippen LogP contribution in [0.25, 0.3) is 0 Å². The highest BCUT2D eigenvalue weighted by molar-refractivity contribution is 7.14. The van der Waals surface area contributed by atoms with E-state index in [1.807, 2.05) is 6.92 Å². The zero-order valence-corrected chi connectivity index (χ0v) is 22.8. The highest BCUT2D eigenvalue weighted by Crippen LogP contribution is 2.44. The average Bonchev–Trinajstić information content (AvgIpc) is 3.18. The van der Waals surface area contributed by atoms with Crippen molar-refractivity contribution in [1.29, 1.82) is 0 Å². The smallest absolute Gasteiger partial charge is 0.325 e. The molecule has 1 heterocycles. The fourth-order valence-electron chi connectivity index (χ4n) is 4.40. The lowest BCUT2D eigenvalue weighted by Crippen LogP contribution is -2.30. The van der Waals surface area contributed by atoms with Gasteiger partial charge in [0.05, 0.1) is 18.1 Å². The number of thiophene rings is 1. The Morgan fingerprint density at radius 3 is 2.26 bits per heavy atom. The summed E-state index contributed by atoms with van der Waals surface area (Å²) in [6.07, 6.45) is 3.07. The maximum Gasteiger partial charge on any atom is 0.325 e. The van der Waals surface area contributed by atoms with Gasteiger partial charge in [-0.25, -0.2) is 0 Å². The molecule has 1 aromatic heterocycles. The summed E-state index contributed by atoms with van der Waals surface area (Å²) < 4.78 is 4.62. The number of hydrogen-bond donors (Lipinski definition) is 2. The van der Waals surface area contributed by atoms with Gasteiger partial charge in [0, 0.05) is 10.3 Å². The third-order valence-corrected chi connectivity index (χ3v) is 8.45. The number of esters is 1. The van der Waals surface area contributed by atoms with Gasteiger partial charge in [0.1, 0.15) is 6.54 Å². The molecule has 5 nitrogen and oxygen atoms in total. The molecule has 2 N–H and O–H groups in total. The lowest BCUT2D eigenvalue weighted by Gasteiger charge is -2.32. The van der Waals surface area contributed by atoms with Crippen LogP contribution in [-0.2, 0) is 21.4 Å². The van der Waals surface area contributed by atoms with E-state index in [1.54, 1.807) is 0 Å². The molecule has 0 spiro atoms. The number of amides is 1. The van der Waals surface area contributed by atoms with Crippen LogP contribution in [0.1, 0.15) is 90.7 Å². The third-order valence-electron chi connectivity index (χ3n) is 7.01. The second-order valence-corrected chi connectivity index (χ2v) is 11.3. The number of hydrogen-bond acceptors (Lipinski definition) is 5. The molecule has 1 atom stereocenters. The Morgan fingerprint density at radius 1 is 1.09 bits per heavy atom. The number of carbonyl (C=O) groups is 2. The Balaban J connectivity index is 2.33. The van der Waals surface area contributed by atoms with Gasteiger partial charge in [0.15, 0.2) is 0 Å². The molecule has 188 valence electrons. The van der Waals surface area contributed by atoms with Gasteiger partial charge in [0.2, 0.25) is 0 Å². The predicted molar refractivity (Wildman–Crippen MR) is 140 cm³/mol. The van der Waals surface area contributed by atoms with Crippen molar-refractivity contribution in [2.45, 2.75) is 85.7 Å². The number of nitrogens with one attached hydrogen (secondary N) is 1. The molecule has 2 rings (SSSR count). The Hall–Kier alpha value is -2.18. The van der Waals surface area contributed by atoms with Gasteiger partial charge in [0.25, 0.3) is 5.91 Å². The first kappa shape index (κ1) is 28.1. The number of rotatable bonds is 10. The lowest BCUT2D eigenvalue weighted by molar-refractivity contribution is -0.139. The summed E-state index contributed by atoms with van der Waals surface area (Å²) in [4.78, 5) is 25.9. The van der Waals surface area contributed by atoms with E-state index >= 15 is 0 Å². The van der Waals surface area contributed by atoms with Crippen molar-refractivity contribution in [2.24, 2.45) is 5.41 Å². The van der Waals surface area contributed by atoms with Crippen molar-refractivity contribution in [3.63, 3.8) is 0 Å². The Morgan fingerprint density at radius 2 is 1.74 bits per heavy atom. The number of aliphatic hydroxyl groups excluding tert-OH is 1. The molecule has 2 aromatic rings. The van der Waals surface area contributed by atoms with Gasteiger partial charge < -0.3 is 15.2 Å². The van der Waals surface area contributed by atoms with E-state index in [4.69, 9.17) is 0 Å². The SMILES string of the molecule is CCC(CC)(c1ccc(CCC(O)C(C)(C)C)c(C)c1)c1cc(C)c(C(=O)NCC(=O)OC)s1. The zero-order chi connectivity index (χ0) is 25.7. The van der Waals surface area contributed by atoms with Crippen molar-refractivity contribution < 1.29 is 19.4 Å². The molecule has 1 unspecified atom stereocenters. The summed E-state index contributed by atoms with van der Waals surface area (Å²) >= 11 is 1.51. The summed E-state index contributed by atoms with van der Waals surface area (Å²) in [5.74, 6) is -0.714. The molecule has 0 aliphatic rings. The predicted octanol–water partition coefficient (Wildman–Crippen LogP) is 5.71. The standard InChI is InChI=1S/C28H41NO4S/c1-9-28(10-2,23-16-19(4)25(34-23)26(32)29-17-24(31)33-8)21-13-11-20(18(3)15-21)12-14-22(30)27(5,6)7/h11,13,15-16,22,30H,9-10,12,14,17H2,1-8H3,(H,29,32). The van der Waals surface area contributed by atoms with Crippen molar-refractivity contribution in [3.8, 4) is 0 Å². The highest BCUT2D eigenvalue weighted by Gasteiger charge is 2.34. The van der Waals surface area contributed by atoms with Crippen LogP contribution in [0.4, 0.5) is 0 Å². The van der Waals surface area contributed by atoms with Gasteiger partial charge in [-0.2, -0.15) is 0 Å². The number of benzene rings is 1. The molecule has 1 aromatic carbocycles. The summed E-state index contributed by atoms with van der Waals surface area (Å²) in [6, 6.07) is 8.81. The van der Waals surface area contributed by atoms with Crippen LogP contribution in [0.15, 0.2) is 24.3 Å². The summed E-state index contributed by atoms with van der Waals surface area (Å²) in [6.45, 7) is 14.5. The van der Waals surface area contributed by atoms with Crippen molar-refractivity contribution >= 4 is 23.2 Å². The van der Waals surface area contributed by atoms with E-state index in [1.165, 1.54) is 35.1 Å². The minimum atomic E-state index is -0.468. The maximum atomic E-state index is 12.7. The van der Waals surface area contributed by atoms with Crippen LogP contribution in [0.5, 0.6) is 0 Å². The fraction of sp³-hybridized carbons (Fsp3) is 0.571. The molecule has 6 heteroatoms. The second-order valence-electron chi connectivity index (χ2n) is 10.2. The van der Waals surface area contributed by atoms with Crippen molar-refractivity contribution in [3.05, 3.63) is 56.3 Å². The molecule has 0 radical (unpaired) electrons. The largest absolute Gasteiger partial charge is 0.468 e. The molecule has 0 fully saturated rings. The van der Waals surface area contributed by atoms with E-state index in [-0.39, 0.29) is 29.4 Å². The molecule has 0 bridgehead atoms. The fourth-order valence-corrected chi connectivity index (χ4v) is 5.84. The number of aryl methyl sites for hydroxylation is 3. The monoisotopic (exact) mass is 487 g/mol. The van der Waals surface area contributed by atoms with E-state index < -0.39 is 5.97 Å². The van der Waals surface area contributed by atoms with Crippen LogP contribution in [0.3, 0.4) is 0 Å². The normalized spacial score (nSPS) is 13.0. The molecular formula is C28H41NO4S. The van der Waals surface area contributed by atoms with Crippen molar-refractivity contribution in [1.82, 2.24) is 5.32 Å². The molecule has 0 aliphatic carbocycles. The van der Waals surface area contributed by atoms with Crippen LogP contribution >= 0.6 is 11.3 Å².